The maximum absolute atomic E-state index is 13.7. The zero-order valence-electron chi connectivity index (χ0n) is 11.2. The molecule has 0 radical (unpaired) electrons. The van der Waals surface area contributed by atoms with Crippen LogP contribution in [-0.2, 0) is 16.6 Å². The van der Waals surface area contributed by atoms with Crippen LogP contribution in [0.3, 0.4) is 0 Å². The summed E-state index contributed by atoms with van der Waals surface area (Å²) in [4.78, 5) is -0.268. The highest BCUT2D eigenvalue weighted by Gasteiger charge is 2.41. The Labute approximate surface area is 113 Å². The van der Waals surface area contributed by atoms with Gasteiger partial charge in [0.15, 0.2) is 0 Å². The molecule has 0 amide bonds. The average molecular weight is 286 g/mol. The van der Waals surface area contributed by atoms with E-state index in [4.69, 9.17) is 0 Å². The zero-order valence-corrected chi connectivity index (χ0v) is 12.0. The number of rotatable bonds is 6. The molecular formula is C13H19FN2O2S. The first-order valence-corrected chi connectivity index (χ1v) is 7.88. The topological polar surface area (TPSA) is 58.2 Å². The maximum atomic E-state index is 13.7. The second-order valence-electron chi connectivity index (χ2n) is 5.21. The number of sulfonamides is 1. The van der Waals surface area contributed by atoms with Crippen LogP contribution in [0, 0.1) is 5.82 Å². The molecule has 1 saturated carbocycles. The fourth-order valence-electron chi connectivity index (χ4n) is 1.80. The Hall–Kier alpha value is -0.980. The molecule has 0 atom stereocenters. The van der Waals surface area contributed by atoms with Crippen molar-refractivity contribution in [1.82, 2.24) is 10.0 Å². The molecule has 0 unspecified atom stereocenters. The third-order valence-corrected chi connectivity index (χ3v) is 4.90. The smallest absolute Gasteiger partial charge is 0.243 e. The highest BCUT2D eigenvalue weighted by molar-refractivity contribution is 7.89. The van der Waals surface area contributed by atoms with Gasteiger partial charge in [-0.1, -0.05) is 13.0 Å². The SMILES string of the molecule is CCNCc1ccc(F)c(S(=O)(=O)NC2(C)CC2)c1. The Morgan fingerprint density at radius 2 is 2.05 bits per heavy atom. The molecule has 4 nitrogen and oxygen atoms in total. The van der Waals surface area contributed by atoms with Crippen LogP contribution in [0.5, 0.6) is 0 Å². The van der Waals surface area contributed by atoms with Gasteiger partial charge in [0.05, 0.1) is 0 Å². The molecule has 1 aliphatic rings. The van der Waals surface area contributed by atoms with E-state index >= 15 is 0 Å². The first-order valence-electron chi connectivity index (χ1n) is 6.39. The molecule has 0 heterocycles. The number of benzene rings is 1. The van der Waals surface area contributed by atoms with Gasteiger partial charge in [-0.25, -0.2) is 17.5 Å². The molecule has 0 spiro atoms. The van der Waals surface area contributed by atoms with Gasteiger partial charge in [0, 0.05) is 12.1 Å². The van der Waals surface area contributed by atoms with E-state index in [0.717, 1.165) is 24.9 Å². The van der Waals surface area contributed by atoms with Crippen LogP contribution < -0.4 is 10.0 Å². The van der Waals surface area contributed by atoms with Crippen molar-refractivity contribution >= 4 is 10.0 Å². The van der Waals surface area contributed by atoms with E-state index in [9.17, 15) is 12.8 Å². The van der Waals surface area contributed by atoms with Crippen LogP contribution in [0.2, 0.25) is 0 Å². The molecule has 1 fully saturated rings. The van der Waals surface area contributed by atoms with Crippen molar-refractivity contribution in [2.24, 2.45) is 0 Å². The second-order valence-corrected chi connectivity index (χ2v) is 6.86. The standard InChI is InChI=1S/C13H19FN2O2S/c1-3-15-9-10-4-5-11(14)12(8-10)19(17,18)16-13(2)6-7-13/h4-5,8,15-16H,3,6-7,9H2,1-2H3. The Balaban J connectivity index is 2.26. The van der Waals surface area contributed by atoms with E-state index in [0.29, 0.717) is 6.54 Å². The second kappa shape index (κ2) is 5.19. The molecule has 106 valence electrons. The van der Waals surface area contributed by atoms with E-state index in [2.05, 4.69) is 10.0 Å². The quantitative estimate of drug-likeness (QED) is 0.838. The highest BCUT2D eigenvalue weighted by Crippen LogP contribution is 2.36. The van der Waals surface area contributed by atoms with Gasteiger partial charge in [0.25, 0.3) is 0 Å². The van der Waals surface area contributed by atoms with E-state index in [1.807, 2.05) is 13.8 Å². The molecule has 0 bridgehead atoms. The van der Waals surface area contributed by atoms with Crippen molar-refractivity contribution in [2.75, 3.05) is 6.54 Å². The van der Waals surface area contributed by atoms with Crippen molar-refractivity contribution in [3.05, 3.63) is 29.6 Å². The van der Waals surface area contributed by atoms with Gasteiger partial charge in [-0.05, 0) is 44.0 Å². The lowest BCUT2D eigenvalue weighted by Crippen LogP contribution is -2.34. The minimum absolute atomic E-state index is 0.268. The molecule has 6 heteroatoms. The van der Waals surface area contributed by atoms with E-state index in [-0.39, 0.29) is 4.90 Å². The van der Waals surface area contributed by atoms with Gasteiger partial charge in [0.1, 0.15) is 10.7 Å². The summed E-state index contributed by atoms with van der Waals surface area (Å²) in [5.74, 6) is -0.711. The molecule has 0 aromatic heterocycles. The summed E-state index contributed by atoms with van der Waals surface area (Å²) in [6.45, 7) is 5.08. The highest BCUT2D eigenvalue weighted by atomic mass is 32.2. The number of hydrogen-bond acceptors (Lipinski definition) is 3. The molecule has 0 aliphatic heterocycles. The molecular weight excluding hydrogens is 267 g/mol. The third kappa shape index (κ3) is 3.52. The lowest BCUT2D eigenvalue weighted by atomic mass is 10.2. The van der Waals surface area contributed by atoms with E-state index in [1.54, 1.807) is 6.07 Å². The Kier molecular flexibility index (Phi) is 3.94. The summed E-state index contributed by atoms with van der Waals surface area (Å²) in [5.41, 5.74) is 0.354. The molecule has 0 saturated heterocycles. The predicted molar refractivity (Wildman–Crippen MR) is 71.7 cm³/mol. The predicted octanol–water partition coefficient (Wildman–Crippen LogP) is 1.77. The van der Waals surface area contributed by atoms with Crippen LogP contribution in [0.4, 0.5) is 4.39 Å². The van der Waals surface area contributed by atoms with E-state index in [1.165, 1.54) is 12.1 Å². The van der Waals surface area contributed by atoms with Crippen LogP contribution in [0.15, 0.2) is 23.1 Å². The summed E-state index contributed by atoms with van der Waals surface area (Å²) in [5, 5.41) is 3.09. The maximum Gasteiger partial charge on any atom is 0.243 e. The number of nitrogens with one attached hydrogen (secondary N) is 2. The normalized spacial score (nSPS) is 17.4. The summed E-state index contributed by atoms with van der Waals surface area (Å²) in [7, 11) is -3.79. The van der Waals surface area contributed by atoms with Crippen molar-refractivity contribution < 1.29 is 12.8 Å². The third-order valence-electron chi connectivity index (χ3n) is 3.25. The monoisotopic (exact) mass is 286 g/mol. The van der Waals surface area contributed by atoms with Gasteiger partial charge in [0.2, 0.25) is 10.0 Å². The van der Waals surface area contributed by atoms with Crippen LogP contribution >= 0.6 is 0 Å². The van der Waals surface area contributed by atoms with Crippen molar-refractivity contribution in [3.63, 3.8) is 0 Å². The minimum Gasteiger partial charge on any atom is -0.313 e. The lowest BCUT2D eigenvalue weighted by molar-refractivity contribution is 0.539. The number of hydrogen-bond donors (Lipinski definition) is 2. The summed E-state index contributed by atoms with van der Waals surface area (Å²) < 4.78 is 40.6. The van der Waals surface area contributed by atoms with E-state index < -0.39 is 21.4 Å². The van der Waals surface area contributed by atoms with Crippen molar-refractivity contribution in [2.45, 2.75) is 43.7 Å². The van der Waals surface area contributed by atoms with Crippen molar-refractivity contribution in [3.8, 4) is 0 Å². The molecule has 2 N–H and O–H groups in total. The van der Waals surface area contributed by atoms with Crippen LogP contribution in [-0.4, -0.2) is 20.5 Å². The Morgan fingerprint density at radius 3 is 2.63 bits per heavy atom. The molecule has 1 aliphatic carbocycles. The zero-order chi connectivity index (χ0) is 14.1. The van der Waals surface area contributed by atoms with Gasteiger partial charge < -0.3 is 5.32 Å². The molecule has 2 rings (SSSR count). The van der Waals surface area contributed by atoms with Crippen LogP contribution in [0.1, 0.15) is 32.3 Å². The van der Waals surface area contributed by atoms with Gasteiger partial charge in [-0.15, -0.1) is 0 Å². The lowest BCUT2D eigenvalue weighted by Gasteiger charge is -2.13. The van der Waals surface area contributed by atoms with Gasteiger partial charge in [-0.2, -0.15) is 0 Å². The Bertz CT molecular complexity index is 568. The fraction of sp³-hybridized carbons (Fsp3) is 0.538. The Morgan fingerprint density at radius 1 is 1.37 bits per heavy atom. The summed E-state index contributed by atoms with van der Waals surface area (Å²) in [6.07, 6.45) is 1.59. The fourth-order valence-corrected chi connectivity index (χ4v) is 3.40. The van der Waals surface area contributed by atoms with Gasteiger partial charge in [-0.3, -0.25) is 0 Å². The first-order chi connectivity index (χ1) is 8.86. The molecule has 1 aromatic rings. The molecule has 1 aromatic carbocycles. The molecule has 19 heavy (non-hydrogen) atoms. The summed E-state index contributed by atoms with van der Waals surface area (Å²) in [6, 6.07) is 4.19. The largest absolute Gasteiger partial charge is 0.313 e. The average Bonchev–Trinajstić information content (AvgIpc) is 3.04. The summed E-state index contributed by atoms with van der Waals surface area (Å²) >= 11 is 0. The van der Waals surface area contributed by atoms with Gasteiger partial charge >= 0.3 is 0 Å². The first kappa shape index (κ1) is 14.4. The van der Waals surface area contributed by atoms with Crippen LogP contribution in [0.25, 0.3) is 0 Å². The van der Waals surface area contributed by atoms with Crippen molar-refractivity contribution in [1.29, 1.82) is 0 Å². The number of halogens is 1. The minimum atomic E-state index is -3.79.